The van der Waals surface area contributed by atoms with Crippen LogP contribution in [0.2, 0.25) is 0 Å². The maximum atomic E-state index is 10.8. The lowest BCUT2D eigenvalue weighted by molar-refractivity contribution is 0.126. The zero-order valence-corrected chi connectivity index (χ0v) is 9.06. The average Bonchev–Trinajstić information content (AvgIpc) is 2.30. The Kier molecular flexibility index (Phi) is 3.25. The smallest absolute Gasteiger partial charge is 0.405 e. The number of hydrogen-bond acceptors (Lipinski definition) is 2. The van der Waals surface area contributed by atoms with E-state index in [1.807, 2.05) is 30.3 Å². The fourth-order valence-corrected chi connectivity index (χ4v) is 2.04. The standard InChI is InChI=1S/C13H15NO2/c14-13(15)16-12-9-5-4-8-11(12)10-6-2-1-3-7-10/h1-3,6-8,12H,4-5,9H2,(H2,14,15). The lowest BCUT2D eigenvalue weighted by atomic mass is 9.91. The van der Waals surface area contributed by atoms with Crippen LogP contribution in [0.25, 0.3) is 5.57 Å². The van der Waals surface area contributed by atoms with E-state index >= 15 is 0 Å². The molecule has 2 N–H and O–H groups in total. The number of nitrogens with two attached hydrogens (primary N) is 1. The van der Waals surface area contributed by atoms with Gasteiger partial charge in [0, 0.05) is 0 Å². The predicted molar refractivity (Wildman–Crippen MR) is 62.7 cm³/mol. The summed E-state index contributed by atoms with van der Waals surface area (Å²) in [5.74, 6) is 0. The number of hydrogen-bond donors (Lipinski definition) is 1. The first-order valence-corrected chi connectivity index (χ1v) is 5.49. The van der Waals surface area contributed by atoms with Crippen LogP contribution in [0.15, 0.2) is 36.4 Å². The third kappa shape index (κ3) is 2.42. The van der Waals surface area contributed by atoms with Crippen LogP contribution >= 0.6 is 0 Å². The zero-order chi connectivity index (χ0) is 11.4. The number of ether oxygens (including phenoxy) is 1. The molecular formula is C13H15NO2. The van der Waals surface area contributed by atoms with Crippen molar-refractivity contribution in [2.24, 2.45) is 5.73 Å². The highest BCUT2D eigenvalue weighted by Crippen LogP contribution is 2.29. The summed E-state index contributed by atoms with van der Waals surface area (Å²) in [4.78, 5) is 10.8. The Hall–Kier alpha value is -1.77. The van der Waals surface area contributed by atoms with Crippen molar-refractivity contribution < 1.29 is 9.53 Å². The molecule has 16 heavy (non-hydrogen) atoms. The Balaban J connectivity index is 2.23. The average molecular weight is 217 g/mol. The van der Waals surface area contributed by atoms with Crippen LogP contribution in [0.4, 0.5) is 4.79 Å². The summed E-state index contributed by atoms with van der Waals surface area (Å²) in [5.41, 5.74) is 7.25. The van der Waals surface area contributed by atoms with Gasteiger partial charge in [-0.3, -0.25) is 0 Å². The number of rotatable bonds is 2. The van der Waals surface area contributed by atoms with Crippen molar-refractivity contribution in [3.8, 4) is 0 Å². The summed E-state index contributed by atoms with van der Waals surface area (Å²) >= 11 is 0. The molecule has 1 aliphatic rings. The van der Waals surface area contributed by atoms with Crippen LogP contribution in [0, 0.1) is 0 Å². The van der Waals surface area contributed by atoms with Crippen molar-refractivity contribution in [3.05, 3.63) is 42.0 Å². The third-order valence-electron chi connectivity index (χ3n) is 2.75. The lowest BCUT2D eigenvalue weighted by Crippen LogP contribution is -2.25. The van der Waals surface area contributed by atoms with E-state index in [9.17, 15) is 4.79 Å². The number of primary amides is 1. The molecule has 0 heterocycles. The van der Waals surface area contributed by atoms with Crippen molar-refractivity contribution in [3.63, 3.8) is 0 Å². The van der Waals surface area contributed by atoms with Gasteiger partial charge in [-0.1, -0.05) is 36.4 Å². The van der Waals surface area contributed by atoms with Crippen molar-refractivity contribution in [1.82, 2.24) is 0 Å². The topological polar surface area (TPSA) is 52.3 Å². The summed E-state index contributed by atoms with van der Waals surface area (Å²) in [6.45, 7) is 0. The first-order valence-electron chi connectivity index (χ1n) is 5.49. The van der Waals surface area contributed by atoms with Crippen molar-refractivity contribution >= 4 is 11.7 Å². The molecule has 1 amide bonds. The largest absolute Gasteiger partial charge is 0.442 e. The number of carbonyl (C=O) groups is 1. The van der Waals surface area contributed by atoms with Crippen molar-refractivity contribution in [1.29, 1.82) is 0 Å². The molecule has 1 unspecified atom stereocenters. The van der Waals surface area contributed by atoms with Crippen LogP contribution in [0.5, 0.6) is 0 Å². The summed E-state index contributed by atoms with van der Waals surface area (Å²) < 4.78 is 5.13. The van der Waals surface area contributed by atoms with Gasteiger partial charge in [0.1, 0.15) is 6.10 Å². The minimum absolute atomic E-state index is 0.186. The van der Waals surface area contributed by atoms with Crippen LogP contribution in [-0.2, 0) is 4.74 Å². The molecule has 1 atom stereocenters. The predicted octanol–water partition coefficient (Wildman–Crippen LogP) is 2.72. The van der Waals surface area contributed by atoms with Gasteiger partial charge in [0.2, 0.25) is 0 Å². The van der Waals surface area contributed by atoms with Gasteiger partial charge in [0.15, 0.2) is 0 Å². The van der Waals surface area contributed by atoms with Gasteiger partial charge in [0.25, 0.3) is 0 Å². The highest BCUT2D eigenvalue weighted by Gasteiger charge is 2.21. The first-order chi connectivity index (χ1) is 7.77. The van der Waals surface area contributed by atoms with E-state index in [4.69, 9.17) is 10.5 Å². The van der Waals surface area contributed by atoms with E-state index in [1.165, 1.54) is 0 Å². The Morgan fingerprint density at radius 1 is 1.31 bits per heavy atom. The van der Waals surface area contributed by atoms with Gasteiger partial charge in [-0.05, 0) is 30.4 Å². The Labute approximate surface area is 94.9 Å². The molecule has 3 nitrogen and oxygen atoms in total. The minimum Gasteiger partial charge on any atom is -0.442 e. The highest BCUT2D eigenvalue weighted by molar-refractivity contribution is 5.73. The van der Waals surface area contributed by atoms with Crippen LogP contribution < -0.4 is 5.73 Å². The second-order valence-corrected chi connectivity index (χ2v) is 3.88. The van der Waals surface area contributed by atoms with Gasteiger partial charge < -0.3 is 10.5 Å². The first kappa shape index (κ1) is 10.7. The van der Waals surface area contributed by atoms with E-state index < -0.39 is 6.09 Å². The van der Waals surface area contributed by atoms with E-state index in [2.05, 4.69) is 6.08 Å². The molecule has 1 aliphatic carbocycles. The molecular weight excluding hydrogens is 202 g/mol. The quantitative estimate of drug-likeness (QED) is 0.828. The number of benzene rings is 1. The van der Waals surface area contributed by atoms with Gasteiger partial charge >= 0.3 is 6.09 Å². The molecule has 2 rings (SSSR count). The van der Waals surface area contributed by atoms with Crippen molar-refractivity contribution in [2.45, 2.75) is 25.4 Å². The molecule has 0 radical (unpaired) electrons. The highest BCUT2D eigenvalue weighted by atomic mass is 16.6. The molecule has 0 aliphatic heterocycles. The number of allylic oxidation sites excluding steroid dienone is 1. The Morgan fingerprint density at radius 2 is 2.06 bits per heavy atom. The fraction of sp³-hybridized carbons (Fsp3) is 0.308. The zero-order valence-electron chi connectivity index (χ0n) is 9.06. The monoisotopic (exact) mass is 217 g/mol. The molecule has 1 aromatic carbocycles. The van der Waals surface area contributed by atoms with Gasteiger partial charge in [-0.15, -0.1) is 0 Å². The lowest BCUT2D eigenvalue weighted by Gasteiger charge is -2.23. The molecule has 84 valence electrons. The number of carbonyl (C=O) groups excluding carboxylic acids is 1. The van der Waals surface area contributed by atoms with Crippen LogP contribution in [0.3, 0.4) is 0 Å². The van der Waals surface area contributed by atoms with E-state index in [0.29, 0.717) is 0 Å². The SMILES string of the molecule is NC(=O)OC1CCCC=C1c1ccccc1. The molecule has 0 saturated carbocycles. The van der Waals surface area contributed by atoms with Crippen LogP contribution in [-0.4, -0.2) is 12.2 Å². The maximum Gasteiger partial charge on any atom is 0.405 e. The Bertz CT molecular complexity index is 398. The van der Waals surface area contributed by atoms with E-state index in [0.717, 1.165) is 30.4 Å². The minimum atomic E-state index is -0.700. The maximum absolute atomic E-state index is 10.8. The van der Waals surface area contributed by atoms with Gasteiger partial charge in [-0.25, -0.2) is 4.79 Å². The molecule has 1 aromatic rings. The normalized spacial score (nSPS) is 20.0. The molecule has 0 aromatic heterocycles. The fourth-order valence-electron chi connectivity index (χ4n) is 2.04. The second-order valence-electron chi connectivity index (χ2n) is 3.88. The van der Waals surface area contributed by atoms with Gasteiger partial charge in [-0.2, -0.15) is 0 Å². The molecule has 0 spiro atoms. The van der Waals surface area contributed by atoms with Crippen LogP contribution in [0.1, 0.15) is 24.8 Å². The second kappa shape index (κ2) is 4.84. The molecule has 0 fully saturated rings. The number of amides is 1. The Morgan fingerprint density at radius 3 is 2.75 bits per heavy atom. The van der Waals surface area contributed by atoms with E-state index in [-0.39, 0.29) is 6.10 Å². The molecule has 0 bridgehead atoms. The van der Waals surface area contributed by atoms with Gasteiger partial charge in [0.05, 0.1) is 0 Å². The van der Waals surface area contributed by atoms with E-state index in [1.54, 1.807) is 0 Å². The summed E-state index contributed by atoms with van der Waals surface area (Å²) in [7, 11) is 0. The summed E-state index contributed by atoms with van der Waals surface area (Å²) in [6, 6.07) is 9.97. The van der Waals surface area contributed by atoms with Crippen molar-refractivity contribution in [2.75, 3.05) is 0 Å². The molecule has 0 saturated heterocycles. The summed E-state index contributed by atoms with van der Waals surface area (Å²) in [6.07, 6.45) is 4.16. The summed E-state index contributed by atoms with van der Waals surface area (Å²) in [5, 5.41) is 0. The molecule has 3 heteroatoms. The third-order valence-corrected chi connectivity index (χ3v) is 2.75.